The molecule has 0 aliphatic carbocycles. The Kier molecular flexibility index (Phi) is 4.31. The summed E-state index contributed by atoms with van der Waals surface area (Å²) in [6.07, 6.45) is 5.41. The van der Waals surface area contributed by atoms with Crippen LogP contribution in [-0.2, 0) is 4.79 Å². The molecule has 18 heavy (non-hydrogen) atoms. The summed E-state index contributed by atoms with van der Waals surface area (Å²) in [5, 5.41) is 0. The van der Waals surface area contributed by atoms with Crippen molar-refractivity contribution >= 4 is 5.91 Å². The van der Waals surface area contributed by atoms with Crippen molar-refractivity contribution in [3.63, 3.8) is 0 Å². The Labute approximate surface area is 112 Å². The van der Waals surface area contributed by atoms with E-state index in [4.69, 9.17) is 0 Å². The molecule has 0 bridgehead atoms. The van der Waals surface area contributed by atoms with Crippen LogP contribution in [0.25, 0.3) is 0 Å². The minimum absolute atomic E-state index is 0.383. The molecule has 0 aromatic carbocycles. The van der Waals surface area contributed by atoms with Gasteiger partial charge in [0.25, 0.3) is 0 Å². The first-order valence-corrected chi connectivity index (χ1v) is 7.47. The molecule has 0 aromatic heterocycles. The van der Waals surface area contributed by atoms with Gasteiger partial charge in [-0.25, -0.2) is 0 Å². The van der Waals surface area contributed by atoms with Crippen LogP contribution in [0.15, 0.2) is 0 Å². The topological polar surface area (TPSA) is 23.6 Å². The molecule has 0 unspecified atom stereocenters. The summed E-state index contributed by atoms with van der Waals surface area (Å²) in [4.78, 5) is 16.6. The molecule has 0 atom stereocenters. The van der Waals surface area contributed by atoms with E-state index in [0.717, 1.165) is 32.5 Å². The Morgan fingerprint density at radius 3 is 2.33 bits per heavy atom. The van der Waals surface area contributed by atoms with Gasteiger partial charge in [-0.05, 0) is 31.1 Å². The fourth-order valence-corrected chi connectivity index (χ4v) is 3.27. The number of amides is 1. The third kappa shape index (κ3) is 3.71. The molecule has 3 nitrogen and oxygen atoms in total. The number of piperidine rings is 2. The van der Waals surface area contributed by atoms with E-state index in [0.29, 0.717) is 17.4 Å². The minimum atomic E-state index is 0.383. The quantitative estimate of drug-likeness (QED) is 0.754. The molecule has 2 aliphatic rings. The first-order valence-electron chi connectivity index (χ1n) is 7.47. The van der Waals surface area contributed by atoms with Crippen molar-refractivity contribution in [3.8, 4) is 0 Å². The lowest BCUT2D eigenvalue weighted by Gasteiger charge is -2.41. The molecule has 2 aliphatic heterocycles. The average molecular weight is 252 g/mol. The van der Waals surface area contributed by atoms with E-state index in [1.807, 2.05) is 0 Å². The number of hydrogen-bond donors (Lipinski definition) is 0. The van der Waals surface area contributed by atoms with Crippen LogP contribution < -0.4 is 0 Å². The number of carbonyl (C=O) groups excluding carboxylic acids is 1. The maximum Gasteiger partial charge on any atom is 0.222 e. The zero-order valence-electron chi connectivity index (χ0n) is 12.2. The van der Waals surface area contributed by atoms with Gasteiger partial charge in [0.15, 0.2) is 0 Å². The van der Waals surface area contributed by atoms with Gasteiger partial charge in [-0.2, -0.15) is 0 Å². The predicted molar refractivity (Wildman–Crippen MR) is 74.5 cm³/mol. The molecule has 0 aromatic rings. The van der Waals surface area contributed by atoms with Crippen LogP contribution >= 0.6 is 0 Å². The highest BCUT2D eigenvalue weighted by molar-refractivity contribution is 5.77. The monoisotopic (exact) mass is 252 g/mol. The summed E-state index contributed by atoms with van der Waals surface area (Å²) in [6, 6.07) is 0.522. The van der Waals surface area contributed by atoms with E-state index < -0.39 is 0 Å². The fraction of sp³-hybridized carbons (Fsp3) is 0.933. The van der Waals surface area contributed by atoms with E-state index in [1.165, 1.54) is 25.8 Å². The molecule has 1 amide bonds. The molecule has 3 heteroatoms. The van der Waals surface area contributed by atoms with Crippen LogP contribution in [0.2, 0.25) is 0 Å². The Hall–Kier alpha value is -0.570. The first-order chi connectivity index (χ1) is 8.46. The number of hydrogen-bond acceptors (Lipinski definition) is 2. The molecule has 0 spiro atoms. The second kappa shape index (κ2) is 5.60. The van der Waals surface area contributed by atoms with E-state index in [2.05, 4.69) is 30.6 Å². The van der Waals surface area contributed by atoms with Gasteiger partial charge in [-0.15, -0.1) is 0 Å². The van der Waals surface area contributed by atoms with Crippen LogP contribution in [0.4, 0.5) is 0 Å². The summed E-state index contributed by atoms with van der Waals surface area (Å²) in [5.41, 5.74) is 0.383. The van der Waals surface area contributed by atoms with E-state index in [-0.39, 0.29) is 0 Å². The Balaban J connectivity index is 1.81. The van der Waals surface area contributed by atoms with Gasteiger partial charge in [0.2, 0.25) is 5.91 Å². The minimum Gasteiger partial charge on any atom is -0.340 e. The van der Waals surface area contributed by atoms with Crippen molar-refractivity contribution in [2.75, 3.05) is 26.2 Å². The SMILES string of the molecule is CC(C)(C)CN1CCC(N2CCCCC2=O)CC1. The van der Waals surface area contributed by atoms with E-state index in [9.17, 15) is 4.79 Å². The predicted octanol–water partition coefficient (Wildman–Crippen LogP) is 2.51. The second-order valence-corrected chi connectivity index (χ2v) is 7.11. The fourth-order valence-electron chi connectivity index (χ4n) is 3.27. The molecule has 2 rings (SSSR count). The number of nitrogens with zero attached hydrogens (tertiary/aromatic N) is 2. The van der Waals surface area contributed by atoms with Crippen LogP contribution in [0, 0.1) is 5.41 Å². The van der Waals surface area contributed by atoms with Gasteiger partial charge < -0.3 is 9.80 Å². The summed E-state index contributed by atoms with van der Waals surface area (Å²) >= 11 is 0. The molecule has 2 heterocycles. The Morgan fingerprint density at radius 1 is 1.11 bits per heavy atom. The maximum absolute atomic E-state index is 11.9. The van der Waals surface area contributed by atoms with Gasteiger partial charge in [0.1, 0.15) is 0 Å². The normalized spacial score (nSPS) is 24.6. The first kappa shape index (κ1) is 13.9. The average Bonchev–Trinajstić information content (AvgIpc) is 2.29. The van der Waals surface area contributed by atoms with Gasteiger partial charge in [0, 0.05) is 38.6 Å². The number of carbonyl (C=O) groups is 1. The highest BCUT2D eigenvalue weighted by Gasteiger charge is 2.30. The van der Waals surface area contributed by atoms with Gasteiger partial charge in [0.05, 0.1) is 0 Å². The second-order valence-electron chi connectivity index (χ2n) is 7.11. The van der Waals surface area contributed by atoms with Crippen molar-refractivity contribution in [2.24, 2.45) is 5.41 Å². The van der Waals surface area contributed by atoms with Crippen molar-refractivity contribution in [3.05, 3.63) is 0 Å². The highest BCUT2D eigenvalue weighted by atomic mass is 16.2. The molecule has 0 radical (unpaired) electrons. The number of rotatable bonds is 2. The third-order valence-electron chi connectivity index (χ3n) is 4.06. The van der Waals surface area contributed by atoms with Crippen LogP contribution in [0.5, 0.6) is 0 Å². The zero-order chi connectivity index (χ0) is 13.2. The van der Waals surface area contributed by atoms with Gasteiger partial charge >= 0.3 is 0 Å². The lowest BCUT2D eigenvalue weighted by molar-refractivity contribution is -0.136. The molecule has 2 fully saturated rings. The third-order valence-corrected chi connectivity index (χ3v) is 4.06. The van der Waals surface area contributed by atoms with Gasteiger partial charge in [-0.3, -0.25) is 4.79 Å². The Morgan fingerprint density at radius 2 is 1.78 bits per heavy atom. The van der Waals surface area contributed by atoms with Crippen molar-refractivity contribution in [2.45, 2.75) is 58.9 Å². The molecular formula is C15H28N2O. The van der Waals surface area contributed by atoms with Crippen LogP contribution in [0.1, 0.15) is 52.9 Å². The van der Waals surface area contributed by atoms with Crippen LogP contribution in [0.3, 0.4) is 0 Å². The largest absolute Gasteiger partial charge is 0.340 e. The molecular weight excluding hydrogens is 224 g/mol. The lowest BCUT2D eigenvalue weighted by atomic mass is 9.93. The smallest absolute Gasteiger partial charge is 0.222 e. The zero-order valence-corrected chi connectivity index (χ0v) is 12.2. The molecule has 0 N–H and O–H groups in total. The summed E-state index contributed by atoms with van der Waals surface area (Å²) < 4.78 is 0. The summed E-state index contributed by atoms with van der Waals surface area (Å²) in [7, 11) is 0. The van der Waals surface area contributed by atoms with Crippen molar-refractivity contribution in [1.29, 1.82) is 0 Å². The van der Waals surface area contributed by atoms with E-state index in [1.54, 1.807) is 0 Å². The van der Waals surface area contributed by atoms with Crippen LogP contribution in [-0.4, -0.2) is 47.9 Å². The highest BCUT2D eigenvalue weighted by Crippen LogP contribution is 2.24. The van der Waals surface area contributed by atoms with E-state index >= 15 is 0 Å². The summed E-state index contributed by atoms with van der Waals surface area (Å²) in [5.74, 6) is 0.399. The van der Waals surface area contributed by atoms with Crippen molar-refractivity contribution < 1.29 is 4.79 Å². The molecule has 104 valence electrons. The van der Waals surface area contributed by atoms with Crippen molar-refractivity contribution in [1.82, 2.24) is 9.80 Å². The standard InChI is InChI=1S/C15H28N2O/c1-15(2,3)12-16-10-7-13(8-11-16)17-9-5-4-6-14(17)18/h13H,4-12H2,1-3H3. The maximum atomic E-state index is 11.9. The summed E-state index contributed by atoms with van der Waals surface area (Å²) in [6.45, 7) is 11.4. The molecule has 0 saturated carbocycles. The van der Waals surface area contributed by atoms with Gasteiger partial charge in [-0.1, -0.05) is 20.8 Å². The Bertz CT molecular complexity index is 287. The lowest BCUT2D eigenvalue weighted by Crippen LogP contribution is -2.50. The number of likely N-dealkylation sites (tertiary alicyclic amines) is 2. The molecule has 2 saturated heterocycles.